The third-order valence-corrected chi connectivity index (χ3v) is 9.19. The second-order valence-corrected chi connectivity index (χ2v) is 13.0. The van der Waals surface area contributed by atoms with Gasteiger partial charge in [0, 0.05) is 61.1 Å². The smallest absolute Gasteiger partial charge is 0.254 e. The summed E-state index contributed by atoms with van der Waals surface area (Å²) < 4.78 is 5.32. The van der Waals surface area contributed by atoms with E-state index >= 15 is 0 Å². The van der Waals surface area contributed by atoms with Gasteiger partial charge in [-0.25, -0.2) is 4.98 Å². The van der Waals surface area contributed by atoms with Gasteiger partial charge in [-0.15, -0.1) is 11.3 Å². The second kappa shape index (κ2) is 16.0. The van der Waals surface area contributed by atoms with Gasteiger partial charge in [0.25, 0.3) is 11.8 Å². The van der Waals surface area contributed by atoms with E-state index in [0.29, 0.717) is 55.8 Å². The number of anilines is 1. The van der Waals surface area contributed by atoms with E-state index in [0.717, 1.165) is 27.6 Å². The van der Waals surface area contributed by atoms with Crippen LogP contribution in [-0.4, -0.2) is 84.0 Å². The minimum absolute atomic E-state index is 0.240. The summed E-state index contributed by atoms with van der Waals surface area (Å²) in [5, 5.41) is 30.7. The molecule has 1 aliphatic rings. The summed E-state index contributed by atoms with van der Waals surface area (Å²) in [5.74, 6) is 0.120. The number of aryl methyl sites for hydroxylation is 1. The molecule has 248 valence electrons. The van der Waals surface area contributed by atoms with Crippen LogP contribution in [0, 0.1) is 6.92 Å². The number of β-amino-alcohol motifs (C(OH)–C–C–N with tert-alkyl or cyclic N) is 1. The van der Waals surface area contributed by atoms with Crippen molar-refractivity contribution in [2.75, 3.05) is 38.7 Å². The molecule has 1 aliphatic heterocycles. The van der Waals surface area contributed by atoms with Crippen molar-refractivity contribution in [1.82, 2.24) is 20.5 Å². The predicted octanol–water partition coefficient (Wildman–Crippen LogP) is 3.80. The first-order valence-electron chi connectivity index (χ1n) is 15.8. The molecule has 47 heavy (non-hydrogen) atoms. The van der Waals surface area contributed by atoms with Crippen molar-refractivity contribution in [2.24, 2.45) is 0 Å². The zero-order valence-corrected chi connectivity index (χ0v) is 27.9. The molecule has 2 heterocycles. The van der Waals surface area contributed by atoms with Crippen LogP contribution >= 0.6 is 11.3 Å². The molecule has 1 aromatic heterocycles. The zero-order chi connectivity index (χ0) is 33.3. The van der Waals surface area contributed by atoms with Crippen LogP contribution in [0.5, 0.6) is 5.75 Å². The number of carbonyl (C=O) groups excluding carboxylic acids is 2. The summed E-state index contributed by atoms with van der Waals surface area (Å²) in [4.78, 5) is 35.6. The number of benzene rings is 3. The molecule has 1 fully saturated rings. The molecule has 5 rings (SSSR count). The highest BCUT2D eigenvalue weighted by atomic mass is 32.1. The van der Waals surface area contributed by atoms with Gasteiger partial charge in [0.15, 0.2) is 0 Å². The molecule has 4 N–H and O–H groups in total. The number of aromatic nitrogens is 1. The highest BCUT2D eigenvalue weighted by Crippen LogP contribution is 2.25. The molecule has 10 nitrogen and oxygen atoms in total. The Morgan fingerprint density at radius 1 is 1.09 bits per heavy atom. The van der Waals surface area contributed by atoms with Gasteiger partial charge in [-0.1, -0.05) is 42.5 Å². The Morgan fingerprint density at radius 3 is 2.55 bits per heavy atom. The molecule has 0 saturated carbocycles. The summed E-state index contributed by atoms with van der Waals surface area (Å²) >= 11 is 1.50. The van der Waals surface area contributed by atoms with Crippen LogP contribution in [-0.2, 0) is 19.5 Å². The lowest BCUT2D eigenvalue weighted by atomic mass is 9.99. The molecule has 0 radical (unpaired) electrons. The fourth-order valence-corrected chi connectivity index (χ4v) is 6.51. The minimum atomic E-state index is -0.907. The van der Waals surface area contributed by atoms with Gasteiger partial charge in [0.2, 0.25) is 0 Å². The third-order valence-electron chi connectivity index (χ3n) is 8.24. The number of nitrogens with one attached hydrogen (secondary N) is 2. The topological polar surface area (TPSA) is 127 Å². The third kappa shape index (κ3) is 9.39. The Hall–Kier alpha value is -4.29. The van der Waals surface area contributed by atoms with Gasteiger partial charge < -0.3 is 35.4 Å². The molecule has 0 bridgehead atoms. The first-order valence-corrected chi connectivity index (χ1v) is 16.7. The number of rotatable bonds is 14. The van der Waals surface area contributed by atoms with Crippen LogP contribution in [0.1, 0.15) is 49.0 Å². The molecule has 1 unspecified atom stereocenters. The van der Waals surface area contributed by atoms with Crippen molar-refractivity contribution in [3.05, 3.63) is 111 Å². The molecule has 2 amide bonds. The first kappa shape index (κ1) is 34.1. The standard InChI is InChI=1S/C36H43N5O5S/c1-24-23-47-34(38-24)22-40(2)36(45)28-16-27(17-29(18-28)41-13-12-30(42)21-41)35(44)39-32(15-25-8-5-4-6-9-25)33(43)20-37-19-26-10-7-11-31(14-26)46-3/h4-11,14,16-18,23,30,32-33,37,42-43H,12-13,15,19-22H2,1-3H3,(H,39,44)/t30?,32-,33+/m0/s1. The van der Waals surface area contributed by atoms with Gasteiger partial charge in [0.05, 0.1) is 31.9 Å². The largest absolute Gasteiger partial charge is 0.497 e. The van der Waals surface area contributed by atoms with Gasteiger partial charge >= 0.3 is 0 Å². The van der Waals surface area contributed by atoms with Crippen molar-refractivity contribution >= 4 is 28.8 Å². The van der Waals surface area contributed by atoms with Crippen LogP contribution in [0.2, 0.25) is 0 Å². The van der Waals surface area contributed by atoms with Crippen LogP contribution in [0.25, 0.3) is 0 Å². The van der Waals surface area contributed by atoms with Gasteiger partial charge in [-0.2, -0.15) is 0 Å². The average Bonchev–Trinajstić information content (AvgIpc) is 3.71. The van der Waals surface area contributed by atoms with Gasteiger partial charge in [-0.3, -0.25) is 9.59 Å². The number of hydrogen-bond donors (Lipinski definition) is 4. The van der Waals surface area contributed by atoms with Gasteiger partial charge in [0.1, 0.15) is 10.8 Å². The Morgan fingerprint density at radius 2 is 1.85 bits per heavy atom. The lowest BCUT2D eigenvalue weighted by molar-refractivity contribution is 0.0784. The number of hydrogen-bond acceptors (Lipinski definition) is 9. The van der Waals surface area contributed by atoms with E-state index in [1.807, 2.05) is 71.8 Å². The van der Waals surface area contributed by atoms with E-state index in [4.69, 9.17) is 4.74 Å². The Kier molecular flexibility index (Phi) is 11.6. The van der Waals surface area contributed by atoms with E-state index in [1.165, 1.54) is 11.3 Å². The van der Waals surface area contributed by atoms with Crippen molar-refractivity contribution in [2.45, 2.75) is 51.1 Å². The van der Waals surface area contributed by atoms with Crippen molar-refractivity contribution in [1.29, 1.82) is 0 Å². The van der Waals surface area contributed by atoms with Gasteiger partial charge in [-0.05, 0) is 61.2 Å². The van der Waals surface area contributed by atoms with E-state index in [2.05, 4.69) is 15.6 Å². The fraction of sp³-hybridized carbons (Fsp3) is 0.361. The van der Waals surface area contributed by atoms with Crippen LogP contribution in [0.3, 0.4) is 0 Å². The summed E-state index contributed by atoms with van der Waals surface area (Å²) in [6.45, 7) is 4.05. The molecule has 0 aliphatic carbocycles. The number of thiazole rings is 1. The zero-order valence-electron chi connectivity index (χ0n) is 27.1. The highest BCUT2D eigenvalue weighted by molar-refractivity contribution is 7.09. The minimum Gasteiger partial charge on any atom is -0.497 e. The summed E-state index contributed by atoms with van der Waals surface area (Å²) in [5.41, 5.74) is 4.25. The molecular formula is C36H43N5O5S. The number of ether oxygens (including phenoxy) is 1. The second-order valence-electron chi connectivity index (χ2n) is 12.0. The number of aliphatic hydroxyl groups is 2. The number of aliphatic hydroxyl groups excluding tert-OH is 2. The Bertz CT molecular complexity index is 1650. The quantitative estimate of drug-likeness (QED) is 0.161. The number of methoxy groups -OCH3 is 1. The lowest BCUT2D eigenvalue weighted by Crippen LogP contribution is -2.48. The summed E-state index contributed by atoms with van der Waals surface area (Å²) in [6, 6.07) is 21.9. The molecule has 1 saturated heterocycles. The first-order chi connectivity index (χ1) is 22.7. The SMILES string of the molecule is COc1cccc(CNC[C@@H](O)[C@H](Cc2ccccc2)NC(=O)c2cc(C(=O)N(C)Cc3nc(C)cs3)cc(N3CCC(O)C3)c2)c1. The number of nitrogens with zero attached hydrogens (tertiary/aromatic N) is 3. The Balaban J connectivity index is 1.35. The maximum atomic E-state index is 13.9. The molecule has 3 aromatic carbocycles. The monoisotopic (exact) mass is 657 g/mol. The van der Waals surface area contributed by atoms with Crippen LogP contribution < -0.4 is 20.3 Å². The van der Waals surface area contributed by atoms with E-state index in [-0.39, 0.29) is 12.5 Å². The molecule has 4 aromatic rings. The van der Waals surface area contributed by atoms with E-state index < -0.39 is 24.2 Å². The van der Waals surface area contributed by atoms with Crippen molar-refractivity contribution < 1.29 is 24.5 Å². The van der Waals surface area contributed by atoms with Crippen molar-refractivity contribution in [3.63, 3.8) is 0 Å². The Labute approximate surface area is 280 Å². The number of amides is 2. The van der Waals surface area contributed by atoms with E-state index in [9.17, 15) is 19.8 Å². The molecule has 11 heteroatoms. The lowest BCUT2D eigenvalue weighted by Gasteiger charge is -2.26. The molecular weight excluding hydrogens is 614 g/mol. The maximum Gasteiger partial charge on any atom is 0.254 e. The molecule has 0 spiro atoms. The maximum absolute atomic E-state index is 13.9. The summed E-state index contributed by atoms with van der Waals surface area (Å²) in [6.07, 6.45) is -0.362. The van der Waals surface area contributed by atoms with Crippen LogP contribution in [0.15, 0.2) is 78.2 Å². The average molecular weight is 658 g/mol. The molecule has 3 atom stereocenters. The van der Waals surface area contributed by atoms with Crippen molar-refractivity contribution in [3.8, 4) is 5.75 Å². The highest BCUT2D eigenvalue weighted by Gasteiger charge is 2.26. The number of carbonyl (C=O) groups is 2. The van der Waals surface area contributed by atoms with Crippen LogP contribution in [0.4, 0.5) is 5.69 Å². The normalized spacial score (nSPS) is 15.7. The predicted molar refractivity (Wildman–Crippen MR) is 184 cm³/mol. The van der Waals surface area contributed by atoms with E-state index in [1.54, 1.807) is 37.3 Å². The summed E-state index contributed by atoms with van der Waals surface area (Å²) in [7, 11) is 3.34. The fourth-order valence-electron chi connectivity index (χ4n) is 5.69.